The summed E-state index contributed by atoms with van der Waals surface area (Å²) in [4.78, 5) is 12.2. The fraction of sp³-hybridized carbons (Fsp3) is 0.167. The largest absolute Gasteiger partial charge is 0.368 e. The highest BCUT2D eigenvalue weighted by Gasteiger charge is 1.95. The summed E-state index contributed by atoms with van der Waals surface area (Å²) < 4.78 is 0. The molecule has 0 aliphatic rings. The SMILES string of the molecule is N#Cc1ccc(NCCNc2ncccn2)nc1. The molecule has 0 atom stereocenters. The molecule has 0 aromatic carbocycles. The molecule has 0 fully saturated rings. The fourth-order valence-corrected chi connectivity index (χ4v) is 1.32. The summed E-state index contributed by atoms with van der Waals surface area (Å²) in [7, 11) is 0. The minimum atomic E-state index is 0.552. The summed E-state index contributed by atoms with van der Waals surface area (Å²) in [6.45, 7) is 1.38. The normalized spacial score (nSPS) is 9.50. The molecular weight excluding hydrogens is 228 g/mol. The van der Waals surface area contributed by atoms with Gasteiger partial charge in [0.05, 0.1) is 5.56 Å². The van der Waals surface area contributed by atoms with Crippen molar-refractivity contribution in [3.63, 3.8) is 0 Å². The summed E-state index contributed by atoms with van der Waals surface area (Å²) in [6.07, 6.45) is 4.91. The van der Waals surface area contributed by atoms with Gasteiger partial charge in [-0.15, -0.1) is 0 Å². The number of hydrogen-bond acceptors (Lipinski definition) is 6. The third kappa shape index (κ3) is 3.42. The maximum absolute atomic E-state index is 8.63. The van der Waals surface area contributed by atoms with Crippen LogP contribution in [0.3, 0.4) is 0 Å². The van der Waals surface area contributed by atoms with E-state index in [1.807, 2.05) is 6.07 Å². The Morgan fingerprint density at radius 2 is 1.83 bits per heavy atom. The van der Waals surface area contributed by atoms with Crippen LogP contribution in [0.25, 0.3) is 0 Å². The number of aromatic nitrogens is 3. The molecule has 0 radical (unpaired) electrons. The van der Waals surface area contributed by atoms with Crippen molar-refractivity contribution in [3.05, 3.63) is 42.4 Å². The zero-order valence-electron chi connectivity index (χ0n) is 9.67. The van der Waals surface area contributed by atoms with Crippen molar-refractivity contribution in [2.75, 3.05) is 23.7 Å². The highest BCUT2D eigenvalue weighted by Crippen LogP contribution is 2.03. The quantitative estimate of drug-likeness (QED) is 0.765. The lowest BCUT2D eigenvalue weighted by molar-refractivity contribution is 1.02. The fourth-order valence-electron chi connectivity index (χ4n) is 1.32. The van der Waals surface area contributed by atoms with E-state index in [9.17, 15) is 0 Å². The molecule has 0 saturated carbocycles. The highest BCUT2D eigenvalue weighted by molar-refractivity contribution is 5.39. The van der Waals surface area contributed by atoms with Gasteiger partial charge in [-0.3, -0.25) is 0 Å². The standard InChI is InChI=1S/C12H12N6/c13-8-10-2-3-11(18-9-10)14-6-7-17-12-15-4-1-5-16-12/h1-5,9H,6-7H2,(H,14,18)(H,15,16,17). The number of pyridine rings is 1. The Kier molecular flexibility index (Phi) is 4.03. The lowest BCUT2D eigenvalue weighted by Crippen LogP contribution is -2.15. The molecule has 0 aliphatic heterocycles. The average Bonchev–Trinajstić information content (AvgIpc) is 2.45. The van der Waals surface area contributed by atoms with Crippen LogP contribution in [0.15, 0.2) is 36.8 Å². The van der Waals surface area contributed by atoms with Gasteiger partial charge in [0, 0.05) is 31.7 Å². The molecule has 2 rings (SSSR count). The Morgan fingerprint density at radius 3 is 2.50 bits per heavy atom. The molecule has 0 saturated heterocycles. The van der Waals surface area contributed by atoms with Crippen LogP contribution in [0.4, 0.5) is 11.8 Å². The first-order valence-corrected chi connectivity index (χ1v) is 5.49. The van der Waals surface area contributed by atoms with Crippen LogP contribution in [0, 0.1) is 11.3 Å². The zero-order chi connectivity index (χ0) is 12.6. The number of nitriles is 1. The highest BCUT2D eigenvalue weighted by atomic mass is 15.1. The number of hydrogen-bond donors (Lipinski definition) is 2. The summed E-state index contributed by atoms with van der Waals surface area (Å²) in [5.74, 6) is 1.34. The Labute approximate surface area is 105 Å². The van der Waals surface area contributed by atoms with E-state index < -0.39 is 0 Å². The first-order chi connectivity index (χ1) is 8.88. The van der Waals surface area contributed by atoms with E-state index in [0.717, 1.165) is 5.82 Å². The predicted molar refractivity (Wildman–Crippen MR) is 68.0 cm³/mol. The second-order valence-electron chi connectivity index (χ2n) is 3.47. The van der Waals surface area contributed by atoms with E-state index in [0.29, 0.717) is 24.6 Å². The van der Waals surface area contributed by atoms with Crippen LogP contribution in [0.5, 0.6) is 0 Å². The van der Waals surface area contributed by atoms with Gasteiger partial charge in [-0.2, -0.15) is 5.26 Å². The third-order valence-corrected chi connectivity index (χ3v) is 2.17. The molecule has 2 aromatic rings. The van der Waals surface area contributed by atoms with Crippen LogP contribution in [0.1, 0.15) is 5.56 Å². The van der Waals surface area contributed by atoms with Crippen molar-refractivity contribution in [3.8, 4) is 6.07 Å². The second-order valence-corrected chi connectivity index (χ2v) is 3.47. The van der Waals surface area contributed by atoms with Crippen molar-refractivity contribution in [2.45, 2.75) is 0 Å². The van der Waals surface area contributed by atoms with E-state index in [4.69, 9.17) is 5.26 Å². The maximum Gasteiger partial charge on any atom is 0.222 e. The smallest absolute Gasteiger partial charge is 0.222 e. The van der Waals surface area contributed by atoms with Crippen molar-refractivity contribution >= 4 is 11.8 Å². The van der Waals surface area contributed by atoms with E-state index in [1.54, 1.807) is 30.6 Å². The molecule has 0 aliphatic carbocycles. The summed E-state index contributed by atoms with van der Waals surface area (Å²) >= 11 is 0. The number of nitrogens with one attached hydrogen (secondary N) is 2. The van der Waals surface area contributed by atoms with Crippen LogP contribution in [0.2, 0.25) is 0 Å². The van der Waals surface area contributed by atoms with E-state index in [1.165, 1.54) is 6.20 Å². The van der Waals surface area contributed by atoms with Crippen molar-refractivity contribution in [1.29, 1.82) is 5.26 Å². The van der Waals surface area contributed by atoms with Crippen molar-refractivity contribution in [1.82, 2.24) is 15.0 Å². The molecule has 0 bridgehead atoms. The predicted octanol–water partition coefficient (Wildman–Crippen LogP) is 1.27. The molecule has 2 heterocycles. The second kappa shape index (κ2) is 6.15. The van der Waals surface area contributed by atoms with Gasteiger partial charge in [0.25, 0.3) is 0 Å². The minimum absolute atomic E-state index is 0.552. The molecule has 0 unspecified atom stereocenters. The zero-order valence-corrected chi connectivity index (χ0v) is 9.67. The van der Waals surface area contributed by atoms with Crippen LogP contribution >= 0.6 is 0 Å². The third-order valence-electron chi connectivity index (χ3n) is 2.17. The Hall–Kier alpha value is -2.68. The van der Waals surface area contributed by atoms with Gasteiger partial charge in [0.1, 0.15) is 11.9 Å². The number of nitrogens with zero attached hydrogens (tertiary/aromatic N) is 4. The Bertz CT molecular complexity index is 517. The molecule has 2 aromatic heterocycles. The molecular formula is C12H12N6. The summed E-state index contributed by atoms with van der Waals surface area (Å²) in [6, 6.07) is 7.29. The van der Waals surface area contributed by atoms with Gasteiger partial charge in [0.2, 0.25) is 5.95 Å². The molecule has 6 heteroatoms. The van der Waals surface area contributed by atoms with E-state index >= 15 is 0 Å². The van der Waals surface area contributed by atoms with Gasteiger partial charge < -0.3 is 10.6 Å². The number of rotatable bonds is 5. The molecule has 6 nitrogen and oxygen atoms in total. The molecule has 18 heavy (non-hydrogen) atoms. The molecule has 2 N–H and O–H groups in total. The van der Waals surface area contributed by atoms with Gasteiger partial charge in [-0.25, -0.2) is 15.0 Å². The summed E-state index contributed by atoms with van der Waals surface area (Å²) in [5.41, 5.74) is 0.552. The van der Waals surface area contributed by atoms with Gasteiger partial charge >= 0.3 is 0 Å². The van der Waals surface area contributed by atoms with Crippen LogP contribution < -0.4 is 10.6 Å². The average molecular weight is 240 g/mol. The lowest BCUT2D eigenvalue weighted by Gasteiger charge is -2.06. The number of anilines is 2. The molecule has 0 spiro atoms. The Balaban J connectivity index is 1.74. The summed E-state index contributed by atoms with van der Waals surface area (Å²) in [5, 5.41) is 14.8. The maximum atomic E-state index is 8.63. The first kappa shape index (κ1) is 11.8. The van der Waals surface area contributed by atoms with E-state index in [2.05, 4.69) is 25.6 Å². The molecule has 90 valence electrons. The van der Waals surface area contributed by atoms with Gasteiger partial charge in [-0.05, 0) is 18.2 Å². The molecule has 0 amide bonds. The van der Waals surface area contributed by atoms with Crippen LogP contribution in [-0.2, 0) is 0 Å². The first-order valence-electron chi connectivity index (χ1n) is 5.49. The topological polar surface area (TPSA) is 86.5 Å². The van der Waals surface area contributed by atoms with Crippen LogP contribution in [-0.4, -0.2) is 28.0 Å². The Morgan fingerprint density at radius 1 is 1.06 bits per heavy atom. The van der Waals surface area contributed by atoms with Gasteiger partial charge in [-0.1, -0.05) is 0 Å². The van der Waals surface area contributed by atoms with E-state index in [-0.39, 0.29) is 0 Å². The lowest BCUT2D eigenvalue weighted by atomic mass is 10.3. The monoisotopic (exact) mass is 240 g/mol. The van der Waals surface area contributed by atoms with Crippen molar-refractivity contribution < 1.29 is 0 Å². The minimum Gasteiger partial charge on any atom is -0.368 e. The van der Waals surface area contributed by atoms with Crippen molar-refractivity contribution in [2.24, 2.45) is 0 Å². The van der Waals surface area contributed by atoms with Gasteiger partial charge in [0.15, 0.2) is 0 Å².